The summed E-state index contributed by atoms with van der Waals surface area (Å²) in [5.74, 6) is -0.900. The van der Waals surface area contributed by atoms with E-state index in [2.05, 4.69) is 5.32 Å². The van der Waals surface area contributed by atoms with Gasteiger partial charge in [0.25, 0.3) is 0 Å². The minimum Gasteiger partial charge on any atom is -0.479 e. The van der Waals surface area contributed by atoms with Crippen LogP contribution in [0, 0.1) is 0 Å². The van der Waals surface area contributed by atoms with Gasteiger partial charge in [-0.3, -0.25) is 4.79 Å². The van der Waals surface area contributed by atoms with Gasteiger partial charge in [0.05, 0.1) is 11.5 Å². The number of carboxylic acids is 1. The monoisotopic (exact) mass is 289 g/mol. The van der Waals surface area contributed by atoms with Gasteiger partial charge in [-0.15, -0.1) is 0 Å². The molecule has 0 spiro atoms. The van der Waals surface area contributed by atoms with Gasteiger partial charge in [0.15, 0.2) is 6.10 Å². The average molecular weight is 289 g/mol. The van der Waals surface area contributed by atoms with Crippen molar-refractivity contribution in [3.05, 3.63) is 35.9 Å². The summed E-state index contributed by atoms with van der Waals surface area (Å²) in [5, 5.41) is 11.8. The van der Waals surface area contributed by atoms with Gasteiger partial charge in [0, 0.05) is 6.54 Å². The molecule has 21 heavy (non-hydrogen) atoms. The maximum absolute atomic E-state index is 12.4. The molecule has 1 heterocycles. The Morgan fingerprint density at radius 3 is 2.52 bits per heavy atom. The van der Waals surface area contributed by atoms with Crippen molar-refractivity contribution >= 4 is 11.9 Å². The molecule has 1 aromatic rings. The van der Waals surface area contributed by atoms with E-state index in [4.69, 9.17) is 9.84 Å². The van der Waals surface area contributed by atoms with E-state index in [1.165, 1.54) is 0 Å². The SMILES string of the molecule is O=C(O)C1CCC(CNC(=O)C2(c3ccccc3)CC2)O1. The Labute approximate surface area is 123 Å². The summed E-state index contributed by atoms with van der Waals surface area (Å²) in [4.78, 5) is 23.2. The molecule has 0 aromatic heterocycles. The molecule has 2 atom stereocenters. The molecule has 1 amide bonds. The molecule has 2 unspecified atom stereocenters. The highest BCUT2D eigenvalue weighted by molar-refractivity contribution is 5.91. The maximum atomic E-state index is 12.4. The third kappa shape index (κ3) is 2.78. The van der Waals surface area contributed by atoms with Crippen LogP contribution < -0.4 is 5.32 Å². The Hall–Kier alpha value is -1.88. The highest BCUT2D eigenvalue weighted by atomic mass is 16.5. The molecule has 112 valence electrons. The zero-order chi connectivity index (χ0) is 14.9. The largest absolute Gasteiger partial charge is 0.479 e. The second-order valence-electron chi connectivity index (χ2n) is 5.82. The van der Waals surface area contributed by atoms with E-state index in [-0.39, 0.29) is 17.4 Å². The van der Waals surface area contributed by atoms with Crippen LogP contribution in [-0.2, 0) is 19.7 Å². The smallest absolute Gasteiger partial charge is 0.332 e. The van der Waals surface area contributed by atoms with Crippen LogP contribution in [-0.4, -0.2) is 35.7 Å². The molecule has 2 aliphatic rings. The summed E-state index contributed by atoms with van der Waals surface area (Å²) in [6, 6.07) is 9.80. The van der Waals surface area contributed by atoms with Crippen molar-refractivity contribution < 1.29 is 19.4 Å². The van der Waals surface area contributed by atoms with Gasteiger partial charge in [-0.2, -0.15) is 0 Å². The number of ether oxygens (including phenoxy) is 1. The molecule has 2 fully saturated rings. The van der Waals surface area contributed by atoms with Gasteiger partial charge in [-0.25, -0.2) is 4.79 Å². The second kappa shape index (κ2) is 5.48. The molecule has 1 saturated carbocycles. The molecule has 0 bridgehead atoms. The number of hydrogen-bond acceptors (Lipinski definition) is 3. The predicted molar refractivity (Wildman–Crippen MR) is 75.9 cm³/mol. The first kappa shape index (κ1) is 14.1. The Kier molecular flexibility index (Phi) is 3.68. The molecule has 3 rings (SSSR count). The normalized spacial score (nSPS) is 26.3. The van der Waals surface area contributed by atoms with Crippen molar-refractivity contribution in [2.45, 2.75) is 43.3 Å². The zero-order valence-corrected chi connectivity index (χ0v) is 11.7. The van der Waals surface area contributed by atoms with Crippen LogP contribution in [0.25, 0.3) is 0 Å². The minimum absolute atomic E-state index is 0.0241. The van der Waals surface area contributed by atoms with Crippen molar-refractivity contribution in [3.8, 4) is 0 Å². The molecule has 1 aliphatic heterocycles. The van der Waals surface area contributed by atoms with Crippen molar-refractivity contribution in [3.63, 3.8) is 0 Å². The van der Waals surface area contributed by atoms with Crippen LogP contribution >= 0.6 is 0 Å². The molecular formula is C16H19NO4. The lowest BCUT2D eigenvalue weighted by atomic mass is 9.95. The summed E-state index contributed by atoms with van der Waals surface area (Å²) < 4.78 is 5.40. The molecule has 2 N–H and O–H groups in total. The molecule has 1 aliphatic carbocycles. The first-order valence-electron chi connectivity index (χ1n) is 7.34. The van der Waals surface area contributed by atoms with Gasteiger partial charge >= 0.3 is 5.97 Å². The lowest BCUT2D eigenvalue weighted by molar-refractivity contribution is -0.149. The fourth-order valence-electron chi connectivity index (χ4n) is 2.94. The lowest BCUT2D eigenvalue weighted by Gasteiger charge is -2.18. The van der Waals surface area contributed by atoms with Gasteiger partial charge in [0.2, 0.25) is 5.91 Å². The van der Waals surface area contributed by atoms with Crippen LogP contribution in [0.3, 0.4) is 0 Å². The molecule has 5 heteroatoms. The van der Waals surface area contributed by atoms with Crippen molar-refractivity contribution in [2.75, 3.05) is 6.54 Å². The summed E-state index contributed by atoms with van der Waals surface area (Å²) in [6.07, 6.45) is 2.01. The summed E-state index contributed by atoms with van der Waals surface area (Å²) in [6.45, 7) is 0.386. The number of amides is 1. The van der Waals surface area contributed by atoms with E-state index >= 15 is 0 Å². The van der Waals surface area contributed by atoms with Crippen LogP contribution in [0.1, 0.15) is 31.2 Å². The summed E-state index contributed by atoms with van der Waals surface area (Å²) in [5.41, 5.74) is 0.671. The van der Waals surface area contributed by atoms with Crippen LogP contribution in [0.4, 0.5) is 0 Å². The standard InChI is InChI=1S/C16H19NO4/c18-14(19)13-7-6-12(21-13)10-17-15(20)16(8-9-16)11-4-2-1-3-5-11/h1-5,12-13H,6-10H2,(H,17,20)(H,18,19). The number of rotatable bonds is 5. The van der Waals surface area contributed by atoms with E-state index in [1.54, 1.807) is 0 Å². The number of benzene rings is 1. The second-order valence-corrected chi connectivity index (χ2v) is 5.82. The Morgan fingerprint density at radius 2 is 1.95 bits per heavy atom. The van der Waals surface area contributed by atoms with Gasteiger partial charge in [0.1, 0.15) is 0 Å². The summed E-state index contributed by atoms with van der Waals surface area (Å²) >= 11 is 0. The van der Waals surface area contributed by atoms with Crippen molar-refractivity contribution in [2.24, 2.45) is 0 Å². The number of carbonyl (C=O) groups is 2. The molecule has 5 nitrogen and oxygen atoms in total. The fourth-order valence-corrected chi connectivity index (χ4v) is 2.94. The first-order chi connectivity index (χ1) is 10.1. The quantitative estimate of drug-likeness (QED) is 0.860. The van der Waals surface area contributed by atoms with Crippen LogP contribution in [0.2, 0.25) is 0 Å². The third-order valence-electron chi connectivity index (χ3n) is 4.38. The van der Waals surface area contributed by atoms with E-state index in [1.807, 2.05) is 30.3 Å². The third-order valence-corrected chi connectivity index (χ3v) is 4.38. The number of nitrogens with one attached hydrogen (secondary N) is 1. The predicted octanol–water partition coefficient (Wildman–Crippen LogP) is 1.47. The van der Waals surface area contributed by atoms with Gasteiger partial charge < -0.3 is 15.2 Å². The molecule has 1 aromatic carbocycles. The first-order valence-corrected chi connectivity index (χ1v) is 7.34. The van der Waals surface area contributed by atoms with Gasteiger partial charge in [-0.1, -0.05) is 30.3 Å². The van der Waals surface area contributed by atoms with E-state index in [0.29, 0.717) is 19.4 Å². The number of carbonyl (C=O) groups excluding carboxylic acids is 1. The van der Waals surface area contributed by atoms with Crippen molar-refractivity contribution in [1.29, 1.82) is 0 Å². The maximum Gasteiger partial charge on any atom is 0.332 e. The topological polar surface area (TPSA) is 75.6 Å². The Balaban J connectivity index is 1.55. The highest BCUT2D eigenvalue weighted by Gasteiger charge is 2.51. The minimum atomic E-state index is -0.924. The van der Waals surface area contributed by atoms with E-state index in [9.17, 15) is 9.59 Å². The Bertz CT molecular complexity index is 538. The average Bonchev–Trinajstić information content (AvgIpc) is 3.17. The molecular weight excluding hydrogens is 270 g/mol. The number of carboxylic acid groups (broad SMARTS) is 1. The number of aliphatic carboxylic acids is 1. The van der Waals surface area contributed by atoms with Crippen LogP contribution in [0.5, 0.6) is 0 Å². The van der Waals surface area contributed by atoms with Crippen molar-refractivity contribution in [1.82, 2.24) is 5.32 Å². The van der Waals surface area contributed by atoms with Gasteiger partial charge in [-0.05, 0) is 31.2 Å². The molecule has 0 radical (unpaired) electrons. The molecule has 1 saturated heterocycles. The van der Waals surface area contributed by atoms with E-state index < -0.39 is 12.1 Å². The van der Waals surface area contributed by atoms with E-state index in [0.717, 1.165) is 18.4 Å². The Morgan fingerprint density at radius 1 is 1.24 bits per heavy atom. The lowest BCUT2D eigenvalue weighted by Crippen LogP contribution is -2.39. The summed E-state index contributed by atoms with van der Waals surface area (Å²) in [7, 11) is 0. The highest BCUT2D eigenvalue weighted by Crippen LogP contribution is 2.48. The fraction of sp³-hybridized carbons (Fsp3) is 0.500. The number of hydrogen-bond donors (Lipinski definition) is 2. The zero-order valence-electron chi connectivity index (χ0n) is 11.7. The van der Waals surface area contributed by atoms with Crippen LogP contribution in [0.15, 0.2) is 30.3 Å².